The average molecular weight is 311 g/mol. The van der Waals surface area contributed by atoms with Crippen LogP contribution in [0.5, 0.6) is 0 Å². The van der Waals surface area contributed by atoms with Gasteiger partial charge in [0.05, 0.1) is 0 Å². The average Bonchev–Trinajstić information content (AvgIpc) is 2.86. The smallest absolute Gasteiger partial charge is 0.278 e. The van der Waals surface area contributed by atoms with E-state index in [1.54, 1.807) is 12.3 Å². The number of halogens is 1. The van der Waals surface area contributed by atoms with E-state index in [2.05, 4.69) is 10.5 Å². The predicted molar refractivity (Wildman–Crippen MR) is 86.3 cm³/mol. The van der Waals surface area contributed by atoms with Crippen molar-refractivity contribution in [1.29, 1.82) is 0 Å². The molecule has 23 heavy (non-hydrogen) atoms. The van der Waals surface area contributed by atoms with Crippen LogP contribution in [-0.2, 0) is 11.8 Å². The van der Waals surface area contributed by atoms with Crippen LogP contribution in [0, 0.1) is 5.82 Å². The number of nitrogens with one attached hydrogen (secondary N) is 1. The van der Waals surface area contributed by atoms with E-state index in [4.69, 9.17) is 0 Å². The molecule has 0 radical (unpaired) electrons. The van der Waals surface area contributed by atoms with Gasteiger partial charge in [0.2, 0.25) is 0 Å². The van der Waals surface area contributed by atoms with Crippen LogP contribution in [0.15, 0.2) is 59.9 Å². The fourth-order valence-corrected chi connectivity index (χ4v) is 2.51. The largest absolute Gasteiger partial charge is 0.410 e. The molecule has 2 aromatic carbocycles. The second kappa shape index (κ2) is 5.92. The summed E-state index contributed by atoms with van der Waals surface area (Å²) in [7, 11) is 1.84. The molecular formula is C17H14FN3O2. The lowest BCUT2D eigenvalue weighted by Crippen LogP contribution is -2.23. The Kier molecular flexibility index (Phi) is 3.80. The highest BCUT2D eigenvalue weighted by molar-refractivity contribution is 6.50. The van der Waals surface area contributed by atoms with Crippen molar-refractivity contribution >= 4 is 28.2 Å². The number of fused-ring (bicyclic) bond motifs is 1. The van der Waals surface area contributed by atoms with Crippen LogP contribution >= 0.6 is 0 Å². The molecule has 0 saturated carbocycles. The lowest BCUT2D eigenvalue weighted by Gasteiger charge is -2.06. The summed E-state index contributed by atoms with van der Waals surface area (Å²) in [4.78, 5) is 12.4. The second-order valence-electron chi connectivity index (χ2n) is 5.08. The maximum atomic E-state index is 13.2. The molecule has 0 aliphatic rings. The number of rotatable bonds is 3. The summed E-state index contributed by atoms with van der Waals surface area (Å²) >= 11 is 0. The highest BCUT2D eigenvalue weighted by Crippen LogP contribution is 2.21. The summed E-state index contributed by atoms with van der Waals surface area (Å²) in [5.41, 5.74) is 1.56. The Balaban J connectivity index is 1.97. The van der Waals surface area contributed by atoms with E-state index < -0.39 is 11.7 Å². The van der Waals surface area contributed by atoms with E-state index in [0.29, 0.717) is 5.56 Å². The molecule has 1 amide bonds. The number of hydrogen-bond donors (Lipinski definition) is 2. The zero-order valence-electron chi connectivity index (χ0n) is 12.3. The number of aryl methyl sites for hydroxylation is 1. The Labute approximate surface area is 131 Å². The molecule has 0 atom stereocenters. The van der Waals surface area contributed by atoms with Gasteiger partial charge >= 0.3 is 0 Å². The van der Waals surface area contributed by atoms with Gasteiger partial charge in [0.15, 0.2) is 5.71 Å². The fraction of sp³-hybridized carbons (Fsp3) is 0.0588. The summed E-state index contributed by atoms with van der Waals surface area (Å²) < 4.78 is 15.0. The van der Waals surface area contributed by atoms with Crippen LogP contribution < -0.4 is 5.32 Å². The third kappa shape index (κ3) is 2.78. The number of benzene rings is 2. The van der Waals surface area contributed by atoms with Crippen molar-refractivity contribution in [2.45, 2.75) is 0 Å². The van der Waals surface area contributed by atoms with Crippen molar-refractivity contribution in [2.75, 3.05) is 5.32 Å². The first-order valence-corrected chi connectivity index (χ1v) is 6.93. The van der Waals surface area contributed by atoms with Gasteiger partial charge in [-0.1, -0.05) is 29.4 Å². The van der Waals surface area contributed by atoms with Gasteiger partial charge in [-0.15, -0.1) is 0 Å². The van der Waals surface area contributed by atoms with E-state index in [9.17, 15) is 14.4 Å². The van der Waals surface area contributed by atoms with Gasteiger partial charge in [-0.25, -0.2) is 4.39 Å². The van der Waals surface area contributed by atoms with Crippen molar-refractivity contribution in [2.24, 2.45) is 12.2 Å². The topological polar surface area (TPSA) is 66.6 Å². The van der Waals surface area contributed by atoms with Crippen LogP contribution in [0.2, 0.25) is 0 Å². The number of hydrogen-bond acceptors (Lipinski definition) is 3. The van der Waals surface area contributed by atoms with E-state index in [0.717, 1.165) is 10.9 Å². The van der Waals surface area contributed by atoms with Crippen LogP contribution in [0.4, 0.5) is 10.1 Å². The fourth-order valence-electron chi connectivity index (χ4n) is 2.51. The molecule has 0 aliphatic carbocycles. The zero-order valence-corrected chi connectivity index (χ0v) is 12.3. The normalized spacial score (nSPS) is 11.7. The molecule has 3 rings (SSSR count). The van der Waals surface area contributed by atoms with Crippen molar-refractivity contribution in [3.63, 3.8) is 0 Å². The molecule has 3 aromatic rings. The van der Waals surface area contributed by atoms with Crippen LogP contribution in [0.25, 0.3) is 10.9 Å². The molecule has 0 saturated heterocycles. The first kappa shape index (κ1) is 14.8. The van der Waals surface area contributed by atoms with Gasteiger partial charge in [-0.2, -0.15) is 0 Å². The van der Waals surface area contributed by atoms with E-state index in [1.807, 2.05) is 35.9 Å². The lowest BCUT2D eigenvalue weighted by molar-refractivity contribution is -0.110. The van der Waals surface area contributed by atoms with Crippen LogP contribution in [0.3, 0.4) is 0 Å². The molecule has 0 aliphatic heterocycles. The number of aromatic nitrogens is 1. The molecule has 0 bridgehead atoms. The molecule has 0 fully saturated rings. The summed E-state index contributed by atoms with van der Waals surface area (Å²) in [5.74, 6) is -1.08. The zero-order chi connectivity index (χ0) is 16.4. The van der Waals surface area contributed by atoms with Crippen molar-refractivity contribution in [1.82, 2.24) is 4.57 Å². The Morgan fingerprint density at radius 1 is 1.22 bits per heavy atom. The van der Waals surface area contributed by atoms with Crippen LogP contribution in [-0.4, -0.2) is 21.4 Å². The maximum absolute atomic E-state index is 13.2. The van der Waals surface area contributed by atoms with Crippen LogP contribution in [0.1, 0.15) is 5.56 Å². The van der Waals surface area contributed by atoms with Crippen molar-refractivity contribution in [3.05, 3.63) is 66.1 Å². The number of nitrogens with zero attached hydrogens (tertiary/aromatic N) is 2. The first-order chi connectivity index (χ1) is 11.1. The monoisotopic (exact) mass is 311 g/mol. The first-order valence-electron chi connectivity index (χ1n) is 6.93. The molecule has 1 heterocycles. The molecule has 0 spiro atoms. The number of carbonyl (C=O) groups is 1. The molecule has 116 valence electrons. The molecule has 5 nitrogen and oxygen atoms in total. The van der Waals surface area contributed by atoms with Gasteiger partial charge in [0, 0.05) is 35.4 Å². The Morgan fingerprint density at radius 2 is 2.00 bits per heavy atom. The van der Waals surface area contributed by atoms with E-state index in [-0.39, 0.29) is 11.4 Å². The minimum atomic E-state index is -0.616. The maximum Gasteiger partial charge on any atom is 0.278 e. The van der Waals surface area contributed by atoms with Gasteiger partial charge in [-0.05, 0) is 24.3 Å². The lowest BCUT2D eigenvalue weighted by atomic mass is 10.1. The standard InChI is InChI=1S/C17H14FN3O2/c1-21-10-14(13-7-2-3-8-15(13)21)16(20-23)17(22)19-12-6-4-5-11(18)9-12/h2-10,23H,1H3,(H,19,22)/b20-16-. The number of para-hydroxylation sites is 1. The molecule has 0 unspecified atom stereocenters. The molecule has 2 N–H and O–H groups in total. The Morgan fingerprint density at radius 3 is 2.74 bits per heavy atom. The number of amides is 1. The summed E-state index contributed by atoms with van der Waals surface area (Å²) in [6.07, 6.45) is 1.71. The minimum Gasteiger partial charge on any atom is -0.410 e. The predicted octanol–water partition coefficient (Wildman–Crippen LogP) is 3.13. The SMILES string of the molecule is Cn1cc(/C(=N/O)C(=O)Nc2cccc(F)c2)c2ccccc21. The summed E-state index contributed by atoms with van der Waals surface area (Å²) in [5, 5.41) is 15.7. The number of oxime groups is 1. The Bertz CT molecular complexity index is 915. The Hall–Kier alpha value is -3.15. The third-order valence-electron chi connectivity index (χ3n) is 3.55. The summed E-state index contributed by atoms with van der Waals surface area (Å²) in [6.45, 7) is 0. The van der Waals surface area contributed by atoms with Gasteiger partial charge in [0.1, 0.15) is 5.82 Å². The minimum absolute atomic E-state index is 0.133. The van der Waals surface area contributed by atoms with E-state index >= 15 is 0 Å². The number of carbonyl (C=O) groups excluding carboxylic acids is 1. The molecular weight excluding hydrogens is 297 g/mol. The highest BCUT2D eigenvalue weighted by Gasteiger charge is 2.20. The highest BCUT2D eigenvalue weighted by atomic mass is 19.1. The van der Waals surface area contributed by atoms with Gasteiger partial charge in [0.25, 0.3) is 5.91 Å². The third-order valence-corrected chi connectivity index (χ3v) is 3.55. The van der Waals surface area contributed by atoms with Gasteiger partial charge in [-0.3, -0.25) is 4.79 Å². The van der Waals surface area contributed by atoms with Gasteiger partial charge < -0.3 is 15.1 Å². The molecule has 1 aromatic heterocycles. The molecule has 6 heteroatoms. The van der Waals surface area contributed by atoms with Crippen molar-refractivity contribution < 1.29 is 14.4 Å². The number of anilines is 1. The van der Waals surface area contributed by atoms with E-state index in [1.165, 1.54) is 18.2 Å². The van der Waals surface area contributed by atoms with Crippen molar-refractivity contribution in [3.8, 4) is 0 Å². The quantitative estimate of drug-likeness (QED) is 0.443. The second-order valence-corrected chi connectivity index (χ2v) is 5.08. The summed E-state index contributed by atoms with van der Waals surface area (Å²) in [6, 6.07) is 13.0.